The van der Waals surface area contributed by atoms with Crippen molar-refractivity contribution in [2.75, 3.05) is 31.2 Å². The third-order valence-corrected chi connectivity index (χ3v) is 6.77. The van der Waals surface area contributed by atoms with Gasteiger partial charge >= 0.3 is 7.12 Å². The number of rotatable bonds is 6. The van der Waals surface area contributed by atoms with Gasteiger partial charge in [0.1, 0.15) is 11.6 Å². The molecule has 0 aliphatic carbocycles. The first-order chi connectivity index (χ1) is 14.7. The van der Waals surface area contributed by atoms with Crippen LogP contribution in [0.25, 0.3) is 0 Å². The molecule has 0 saturated carbocycles. The molecule has 2 aliphatic heterocycles. The lowest BCUT2D eigenvalue weighted by molar-refractivity contribution is 0.00578. The standard InChI is InChI=1S/C24H32BFN2O3/c1-23(2)24(3,4)31-25(30-23)12-11-21(18-5-8-20(26)9-6-18)19-7-10-22(27-17-19)28-13-15-29-16-14-28/h5-10,17,21H,11-16H2,1-4H3. The number of halogens is 1. The second-order valence-corrected chi connectivity index (χ2v) is 9.42. The molecule has 4 rings (SSSR count). The summed E-state index contributed by atoms with van der Waals surface area (Å²) in [7, 11) is -0.256. The fourth-order valence-corrected chi connectivity index (χ4v) is 4.19. The van der Waals surface area contributed by atoms with E-state index in [-0.39, 0.29) is 30.1 Å². The van der Waals surface area contributed by atoms with Crippen molar-refractivity contribution < 1.29 is 18.4 Å². The normalized spacial score (nSPS) is 21.3. The molecule has 0 spiro atoms. The number of hydrogen-bond donors (Lipinski definition) is 0. The van der Waals surface area contributed by atoms with Crippen molar-refractivity contribution in [3.63, 3.8) is 0 Å². The molecule has 166 valence electrons. The van der Waals surface area contributed by atoms with Crippen LogP contribution < -0.4 is 4.90 Å². The fourth-order valence-electron chi connectivity index (χ4n) is 4.19. The van der Waals surface area contributed by atoms with Crippen LogP contribution in [0.3, 0.4) is 0 Å². The lowest BCUT2D eigenvalue weighted by Gasteiger charge is -2.32. The van der Waals surface area contributed by atoms with E-state index in [1.807, 2.05) is 18.3 Å². The zero-order valence-corrected chi connectivity index (χ0v) is 18.9. The summed E-state index contributed by atoms with van der Waals surface area (Å²) in [5.41, 5.74) is 1.49. The first-order valence-electron chi connectivity index (χ1n) is 11.1. The van der Waals surface area contributed by atoms with Gasteiger partial charge in [-0.15, -0.1) is 0 Å². The average Bonchev–Trinajstić information content (AvgIpc) is 2.97. The van der Waals surface area contributed by atoms with E-state index < -0.39 is 0 Å². The second-order valence-electron chi connectivity index (χ2n) is 9.42. The van der Waals surface area contributed by atoms with Crippen LogP contribution in [0.2, 0.25) is 6.32 Å². The van der Waals surface area contributed by atoms with Gasteiger partial charge in [-0.05, 0) is 69.8 Å². The molecule has 2 aromatic rings. The summed E-state index contributed by atoms with van der Waals surface area (Å²) in [4.78, 5) is 6.97. The first-order valence-corrected chi connectivity index (χ1v) is 11.1. The lowest BCUT2D eigenvalue weighted by atomic mass is 9.76. The first kappa shape index (κ1) is 22.2. The maximum Gasteiger partial charge on any atom is 0.457 e. The highest BCUT2D eigenvalue weighted by atomic mass is 19.1. The molecule has 1 aromatic carbocycles. The Morgan fingerprint density at radius 2 is 1.58 bits per heavy atom. The summed E-state index contributed by atoms with van der Waals surface area (Å²) in [6.45, 7) is 11.5. The van der Waals surface area contributed by atoms with Gasteiger partial charge in [0.25, 0.3) is 0 Å². The molecule has 1 atom stereocenters. The van der Waals surface area contributed by atoms with Gasteiger partial charge in [0.2, 0.25) is 0 Å². The minimum absolute atomic E-state index is 0.0888. The van der Waals surface area contributed by atoms with Gasteiger partial charge in [-0.1, -0.05) is 18.2 Å². The lowest BCUT2D eigenvalue weighted by Crippen LogP contribution is -2.41. The van der Waals surface area contributed by atoms with Gasteiger partial charge < -0.3 is 18.9 Å². The van der Waals surface area contributed by atoms with Crippen LogP contribution in [0.5, 0.6) is 0 Å². The summed E-state index contributed by atoms with van der Waals surface area (Å²) in [6.07, 6.45) is 3.52. The van der Waals surface area contributed by atoms with Gasteiger partial charge in [-0.2, -0.15) is 0 Å². The number of anilines is 1. The molecule has 31 heavy (non-hydrogen) atoms. The Kier molecular flexibility index (Phi) is 6.38. The fraction of sp³-hybridized carbons (Fsp3) is 0.542. The highest BCUT2D eigenvalue weighted by Gasteiger charge is 2.50. The molecule has 2 aliphatic rings. The smallest absolute Gasteiger partial charge is 0.403 e. The van der Waals surface area contributed by atoms with Crippen LogP contribution in [-0.4, -0.2) is 49.6 Å². The monoisotopic (exact) mass is 426 g/mol. The predicted octanol–water partition coefficient (Wildman–Crippen LogP) is 4.67. The van der Waals surface area contributed by atoms with Gasteiger partial charge in [-0.25, -0.2) is 9.37 Å². The van der Waals surface area contributed by atoms with E-state index in [2.05, 4.69) is 44.7 Å². The van der Waals surface area contributed by atoms with Crippen LogP contribution in [0.4, 0.5) is 10.2 Å². The van der Waals surface area contributed by atoms with E-state index in [0.29, 0.717) is 0 Å². The molecule has 2 fully saturated rings. The van der Waals surface area contributed by atoms with Gasteiger partial charge in [0.15, 0.2) is 0 Å². The van der Waals surface area contributed by atoms with E-state index in [9.17, 15) is 4.39 Å². The van der Waals surface area contributed by atoms with Crippen LogP contribution in [0.1, 0.15) is 51.2 Å². The van der Waals surface area contributed by atoms with E-state index in [1.165, 1.54) is 12.1 Å². The van der Waals surface area contributed by atoms with Crippen molar-refractivity contribution in [3.8, 4) is 0 Å². The van der Waals surface area contributed by atoms with Crippen molar-refractivity contribution in [1.29, 1.82) is 0 Å². The number of benzene rings is 1. The van der Waals surface area contributed by atoms with E-state index in [4.69, 9.17) is 19.0 Å². The predicted molar refractivity (Wildman–Crippen MR) is 121 cm³/mol. The topological polar surface area (TPSA) is 43.8 Å². The summed E-state index contributed by atoms with van der Waals surface area (Å²) in [5.74, 6) is 0.830. The van der Waals surface area contributed by atoms with Gasteiger partial charge in [0.05, 0.1) is 24.4 Å². The molecule has 0 radical (unpaired) electrons. The van der Waals surface area contributed by atoms with Crippen molar-refractivity contribution in [1.82, 2.24) is 4.98 Å². The largest absolute Gasteiger partial charge is 0.457 e. The van der Waals surface area contributed by atoms with Crippen molar-refractivity contribution in [2.24, 2.45) is 0 Å². The minimum Gasteiger partial charge on any atom is -0.403 e. The summed E-state index contributed by atoms with van der Waals surface area (Å²) in [6, 6.07) is 11.0. The zero-order valence-electron chi connectivity index (χ0n) is 18.9. The molecule has 3 heterocycles. The summed E-state index contributed by atoms with van der Waals surface area (Å²) < 4.78 is 31.4. The molecule has 1 aromatic heterocycles. The molecule has 0 bridgehead atoms. The van der Waals surface area contributed by atoms with Crippen LogP contribution >= 0.6 is 0 Å². The zero-order chi connectivity index (χ0) is 22.1. The Labute approximate surface area is 185 Å². The van der Waals surface area contributed by atoms with Crippen molar-refractivity contribution in [2.45, 2.75) is 57.6 Å². The molecular formula is C24H32BFN2O3. The van der Waals surface area contributed by atoms with Crippen molar-refractivity contribution >= 4 is 12.9 Å². The second kappa shape index (κ2) is 8.89. The maximum absolute atomic E-state index is 13.5. The molecule has 0 N–H and O–H groups in total. The average molecular weight is 426 g/mol. The summed E-state index contributed by atoms with van der Waals surface area (Å²) >= 11 is 0. The number of aromatic nitrogens is 1. The van der Waals surface area contributed by atoms with Crippen LogP contribution in [0, 0.1) is 5.82 Å². The molecule has 7 heteroatoms. The number of ether oxygens (including phenoxy) is 1. The number of pyridine rings is 1. The highest BCUT2D eigenvalue weighted by molar-refractivity contribution is 6.45. The van der Waals surface area contributed by atoms with Crippen LogP contribution in [0.15, 0.2) is 42.6 Å². The SMILES string of the molecule is CC1(C)OB(CCC(c2ccc(F)cc2)c2ccc(N3CCOCC3)nc2)OC1(C)C. The number of hydrogen-bond acceptors (Lipinski definition) is 5. The number of nitrogens with zero attached hydrogens (tertiary/aromatic N) is 2. The quantitative estimate of drug-likeness (QED) is 0.628. The van der Waals surface area contributed by atoms with Crippen molar-refractivity contribution in [3.05, 3.63) is 59.5 Å². The van der Waals surface area contributed by atoms with E-state index in [1.54, 1.807) is 0 Å². The molecular weight excluding hydrogens is 394 g/mol. The van der Waals surface area contributed by atoms with Gasteiger partial charge in [0, 0.05) is 25.2 Å². The molecule has 2 saturated heterocycles. The Hall–Kier alpha value is -1.96. The highest BCUT2D eigenvalue weighted by Crippen LogP contribution is 2.39. The molecule has 5 nitrogen and oxygen atoms in total. The Morgan fingerprint density at radius 1 is 0.968 bits per heavy atom. The summed E-state index contributed by atoms with van der Waals surface area (Å²) in [5, 5.41) is 0. The third-order valence-electron chi connectivity index (χ3n) is 6.77. The Balaban J connectivity index is 1.51. The molecule has 0 amide bonds. The minimum atomic E-state index is -0.343. The van der Waals surface area contributed by atoms with E-state index >= 15 is 0 Å². The van der Waals surface area contributed by atoms with Gasteiger partial charge in [-0.3, -0.25) is 0 Å². The van der Waals surface area contributed by atoms with E-state index in [0.717, 1.165) is 56.0 Å². The molecule has 1 unspecified atom stereocenters. The van der Waals surface area contributed by atoms with Crippen LogP contribution in [-0.2, 0) is 14.0 Å². The maximum atomic E-state index is 13.5. The number of morpholine rings is 1. The Bertz CT molecular complexity index is 851. The Morgan fingerprint density at radius 3 is 2.16 bits per heavy atom. The third kappa shape index (κ3) is 4.94.